The molecule has 1 amide bonds. The zero-order chi connectivity index (χ0) is 14.2. The van der Waals surface area contributed by atoms with E-state index < -0.39 is 0 Å². The van der Waals surface area contributed by atoms with E-state index in [9.17, 15) is 9.18 Å². The van der Waals surface area contributed by atoms with Crippen LogP contribution in [0.4, 0.5) is 4.39 Å². The molecule has 2 N–H and O–H groups in total. The Bertz CT molecular complexity index is 413. The smallest absolute Gasteiger partial charge is 0.220 e. The van der Waals surface area contributed by atoms with Crippen molar-refractivity contribution >= 4 is 5.91 Å². The summed E-state index contributed by atoms with van der Waals surface area (Å²) in [4.78, 5) is 11.7. The molecule has 0 aromatic heterocycles. The third-order valence-corrected chi connectivity index (χ3v) is 3.83. The molecule has 1 aliphatic heterocycles. The molecule has 0 unspecified atom stereocenters. The predicted octanol–water partition coefficient (Wildman–Crippen LogP) is 2.26. The second kappa shape index (κ2) is 8.00. The Morgan fingerprint density at radius 2 is 2.15 bits per heavy atom. The Labute approximate surface area is 120 Å². The van der Waals surface area contributed by atoms with Gasteiger partial charge in [-0.15, -0.1) is 0 Å². The first-order chi connectivity index (χ1) is 9.74. The fourth-order valence-electron chi connectivity index (χ4n) is 2.58. The standard InChI is InChI=1S/C16H23FN2O/c17-15-6-3-13(4-7-15)5-8-16(20)19-11-9-14-2-1-10-18-12-14/h3-4,6-7,14,18H,1-2,5,8-12H2,(H,19,20)/t14-/m0/s1. The quantitative estimate of drug-likeness (QED) is 0.838. The molecule has 0 spiro atoms. The van der Waals surface area contributed by atoms with Gasteiger partial charge in [0, 0.05) is 13.0 Å². The summed E-state index contributed by atoms with van der Waals surface area (Å²) in [6.07, 6.45) is 4.68. The average Bonchev–Trinajstić information content (AvgIpc) is 2.48. The molecule has 0 bridgehead atoms. The fraction of sp³-hybridized carbons (Fsp3) is 0.562. The zero-order valence-corrected chi connectivity index (χ0v) is 11.8. The number of aryl methyl sites for hydroxylation is 1. The maximum atomic E-state index is 12.7. The van der Waals surface area contributed by atoms with Crippen LogP contribution in [-0.4, -0.2) is 25.5 Å². The van der Waals surface area contributed by atoms with Gasteiger partial charge in [-0.1, -0.05) is 12.1 Å². The molecule has 1 aromatic rings. The maximum absolute atomic E-state index is 12.7. The van der Waals surface area contributed by atoms with E-state index >= 15 is 0 Å². The van der Waals surface area contributed by atoms with Crippen molar-refractivity contribution in [3.05, 3.63) is 35.6 Å². The van der Waals surface area contributed by atoms with Crippen LogP contribution in [-0.2, 0) is 11.2 Å². The summed E-state index contributed by atoms with van der Waals surface area (Å²) >= 11 is 0. The van der Waals surface area contributed by atoms with E-state index in [0.29, 0.717) is 18.8 Å². The number of halogens is 1. The fourth-order valence-corrected chi connectivity index (χ4v) is 2.58. The van der Waals surface area contributed by atoms with E-state index in [1.54, 1.807) is 12.1 Å². The van der Waals surface area contributed by atoms with Gasteiger partial charge < -0.3 is 10.6 Å². The van der Waals surface area contributed by atoms with E-state index in [0.717, 1.165) is 31.6 Å². The lowest BCUT2D eigenvalue weighted by Gasteiger charge is -2.22. The molecule has 1 saturated heterocycles. The van der Waals surface area contributed by atoms with E-state index in [4.69, 9.17) is 0 Å². The van der Waals surface area contributed by atoms with E-state index in [1.165, 1.54) is 25.0 Å². The van der Waals surface area contributed by atoms with Crippen LogP contribution in [0.2, 0.25) is 0 Å². The molecule has 1 aliphatic rings. The largest absolute Gasteiger partial charge is 0.356 e. The number of hydrogen-bond acceptors (Lipinski definition) is 2. The number of nitrogens with one attached hydrogen (secondary N) is 2. The Hall–Kier alpha value is -1.42. The highest BCUT2D eigenvalue weighted by atomic mass is 19.1. The summed E-state index contributed by atoms with van der Waals surface area (Å²) in [7, 11) is 0. The first-order valence-corrected chi connectivity index (χ1v) is 7.46. The summed E-state index contributed by atoms with van der Waals surface area (Å²) in [5.41, 5.74) is 0.998. The van der Waals surface area contributed by atoms with Crippen LogP contribution in [0.15, 0.2) is 24.3 Å². The van der Waals surface area contributed by atoms with Gasteiger partial charge in [0.25, 0.3) is 0 Å². The Morgan fingerprint density at radius 1 is 1.35 bits per heavy atom. The summed E-state index contributed by atoms with van der Waals surface area (Å²) in [6, 6.07) is 6.33. The molecule has 1 aromatic carbocycles. The molecular weight excluding hydrogens is 255 g/mol. The normalized spacial score (nSPS) is 18.8. The van der Waals surface area contributed by atoms with Gasteiger partial charge in [0.2, 0.25) is 5.91 Å². The topological polar surface area (TPSA) is 41.1 Å². The van der Waals surface area contributed by atoms with Crippen molar-refractivity contribution in [2.45, 2.75) is 32.1 Å². The molecule has 0 aliphatic carbocycles. The summed E-state index contributed by atoms with van der Waals surface area (Å²) < 4.78 is 12.7. The SMILES string of the molecule is O=C(CCc1ccc(F)cc1)NCC[C@@H]1CCCNC1. The molecule has 1 fully saturated rings. The first-order valence-electron chi connectivity index (χ1n) is 7.46. The number of hydrogen-bond donors (Lipinski definition) is 2. The van der Waals surface area contributed by atoms with Gasteiger partial charge in [0.05, 0.1) is 0 Å². The maximum Gasteiger partial charge on any atom is 0.220 e. The minimum atomic E-state index is -0.237. The molecular formula is C16H23FN2O. The molecule has 1 heterocycles. The van der Waals surface area contributed by atoms with Crippen LogP contribution in [0.25, 0.3) is 0 Å². The van der Waals surface area contributed by atoms with E-state index in [2.05, 4.69) is 10.6 Å². The molecule has 20 heavy (non-hydrogen) atoms. The summed E-state index contributed by atoms with van der Waals surface area (Å²) in [5.74, 6) is 0.540. The van der Waals surface area contributed by atoms with Crippen LogP contribution >= 0.6 is 0 Å². The molecule has 1 atom stereocenters. The highest BCUT2D eigenvalue weighted by molar-refractivity contribution is 5.76. The lowest BCUT2D eigenvalue weighted by atomic mass is 9.96. The van der Waals surface area contributed by atoms with Crippen molar-refractivity contribution in [2.75, 3.05) is 19.6 Å². The van der Waals surface area contributed by atoms with Gasteiger partial charge in [-0.3, -0.25) is 4.79 Å². The van der Waals surface area contributed by atoms with Gasteiger partial charge in [-0.25, -0.2) is 4.39 Å². The third-order valence-electron chi connectivity index (χ3n) is 3.83. The summed E-state index contributed by atoms with van der Waals surface area (Å²) in [5, 5.41) is 6.35. The second-order valence-corrected chi connectivity index (χ2v) is 5.48. The number of rotatable bonds is 6. The molecule has 0 radical (unpaired) electrons. The van der Waals surface area contributed by atoms with Gasteiger partial charge in [0.15, 0.2) is 0 Å². The number of carbonyl (C=O) groups excluding carboxylic acids is 1. The number of piperidine rings is 1. The molecule has 3 nitrogen and oxygen atoms in total. The molecule has 4 heteroatoms. The molecule has 0 saturated carbocycles. The summed E-state index contributed by atoms with van der Waals surface area (Å²) in [6.45, 7) is 2.96. The number of benzene rings is 1. The van der Waals surface area contributed by atoms with Gasteiger partial charge in [-0.2, -0.15) is 0 Å². The minimum absolute atomic E-state index is 0.0816. The Kier molecular flexibility index (Phi) is 5.99. The van der Waals surface area contributed by atoms with Gasteiger partial charge in [-0.05, 0) is 62.4 Å². The number of amides is 1. The second-order valence-electron chi connectivity index (χ2n) is 5.48. The minimum Gasteiger partial charge on any atom is -0.356 e. The van der Waals surface area contributed by atoms with Crippen LogP contribution in [0.3, 0.4) is 0 Å². The Morgan fingerprint density at radius 3 is 2.85 bits per heavy atom. The average molecular weight is 278 g/mol. The van der Waals surface area contributed by atoms with Crippen molar-refractivity contribution in [1.82, 2.24) is 10.6 Å². The van der Waals surface area contributed by atoms with Crippen LogP contribution in [0.5, 0.6) is 0 Å². The predicted molar refractivity (Wildman–Crippen MR) is 77.9 cm³/mol. The molecule has 110 valence electrons. The number of carbonyl (C=O) groups is 1. The van der Waals surface area contributed by atoms with Crippen LogP contribution in [0, 0.1) is 11.7 Å². The molecule has 2 rings (SSSR count). The van der Waals surface area contributed by atoms with E-state index in [1.807, 2.05) is 0 Å². The third kappa shape index (κ3) is 5.29. The van der Waals surface area contributed by atoms with Crippen LogP contribution in [0.1, 0.15) is 31.2 Å². The highest BCUT2D eigenvalue weighted by Gasteiger charge is 2.12. The first kappa shape index (κ1) is 15.0. The van der Waals surface area contributed by atoms with E-state index in [-0.39, 0.29) is 11.7 Å². The van der Waals surface area contributed by atoms with Crippen molar-refractivity contribution in [1.29, 1.82) is 0 Å². The van der Waals surface area contributed by atoms with Gasteiger partial charge >= 0.3 is 0 Å². The van der Waals surface area contributed by atoms with Crippen molar-refractivity contribution < 1.29 is 9.18 Å². The Balaban J connectivity index is 1.59. The lowest BCUT2D eigenvalue weighted by Crippen LogP contribution is -2.33. The van der Waals surface area contributed by atoms with Gasteiger partial charge in [0.1, 0.15) is 5.82 Å². The van der Waals surface area contributed by atoms with Crippen molar-refractivity contribution in [3.8, 4) is 0 Å². The lowest BCUT2D eigenvalue weighted by molar-refractivity contribution is -0.121. The van der Waals surface area contributed by atoms with Crippen molar-refractivity contribution in [2.24, 2.45) is 5.92 Å². The van der Waals surface area contributed by atoms with Crippen LogP contribution < -0.4 is 10.6 Å². The highest BCUT2D eigenvalue weighted by Crippen LogP contribution is 2.13. The van der Waals surface area contributed by atoms with Crippen molar-refractivity contribution in [3.63, 3.8) is 0 Å². The zero-order valence-electron chi connectivity index (χ0n) is 11.8. The monoisotopic (exact) mass is 278 g/mol.